The molecule has 0 spiro atoms. The van der Waals surface area contributed by atoms with Crippen LogP contribution in [0.25, 0.3) is 6.08 Å². The molecule has 1 aromatic carbocycles. The van der Waals surface area contributed by atoms with Gasteiger partial charge in [-0.2, -0.15) is 0 Å². The van der Waals surface area contributed by atoms with Crippen molar-refractivity contribution >= 4 is 17.9 Å². The van der Waals surface area contributed by atoms with Crippen molar-refractivity contribution in [3.8, 4) is 0 Å². The second kappa shape index (κ2) is 6.02. The van der Waals surface area contributed by atoms with E-state index in [0.717, 1.165) is 24.8 Å². The van der Waals surface area contributed by atoms with E-state index in [4.69, 9.17) is 4.74 Å². The fraction of sp³-hybridized carbons (Fsp3) is 0.471. The highest BCUT2D eigenvalue weighted by molar-refractivity contribution is 5.71. The second-order valence-electron chi connectivity index (χ2n) is 6.25. The van der Waals surface area contributed by atoms with Crippen molar-refractivity contribution in [3.63, 3.8) is 0 Å². The topological polar surface area (TPSA) is 72.7 Å². The highest BCUT2D eigenvalue weighted by Crippen LogP contribution is 2.42. The Morgan fingerprint density at radius 3 is 2.74 bits per heavy atom. The van der Waals surface area contributed by atoms with Crippen LogP contribution in [0.3, 0.4) is 0 Å². The van der Waals surface area contributed by atoms with Crippen LogP contribution in [0.5, 0.6) is 0 Å². The summed E-state index contributed by atoms with van der Waals surface area (Å²) in [4.78, 5) is 25.1. The van der Waals surface area contributed by atoms with Crippen molar-refractivity contribution in [1.82, 2.24) is 4.90 Å². The van der Waals surface area contributed by atoms with Crippen molar-refractivity contribution in [3.05, 3.63) is 45.5 Å². The van der Waals surface area contributed by atoms with E-state index in [0.29, 0.717) is 25.1 Å². The van der Waals surface area contributed by atoms with Crippen LogP contribution in [0, 0.1) is 10.1 Å². The minimum absolute atomic E-state index is 0.000735. The maximum Gasteiger partial charge on any atom is 0.410 e. The minimum Gasteiger partial charge on any atom is -0.438 e. The van der Waals surface area contributed by atoms with E-state index in [9.17, 15) is 14.9 Å². The first-order chi connectivity index (χ1) is 11.0. The van der Waals surface area contributed by atoms with Gasteiger partial charge in [-0.15, -0.1) is 0 Å². The Kier molecular flexibility index (Phi) is 4.07. The number of rotatable bonds is 2. The van der Waals surface area contributed by atoms with E-state index < -0.39 is 10.5 Å². The van der Waals surface area contributed by atoms with Crippen molar-refractivity contribution in [2.45, 2.75) is 38.2 Å². The number of carbonyl (C=O) groups is 1. The summed E-state index contributed by atoms with van der Waals surface area (Å²) in [6.45, 7) is 3.13. The molecule has 6 nitrogen and oxygen atoms in total. The Labute approximate surface area is 134 Å². The number of hydrogen-bond donors (Lipinski definition) is 0. The molecule has 1 unspecified atom stereocenters. The Balaban J connectivity index is 1.92. The lowest BCUT2D eigenvalue weighted by molar-refractivity contribution is -0.386. The monoisotopic (exact) mass is 316 g/mol. The fourth-order valence-corrected chi connectivity index (χ4v) is 3.36. The summed E-state index contributed by atoms with van der Waals surface area (Å²) in [5.74, 6) is 0. The largest absolute Gasteiger partial charge is 0.438 e. The van der Waals surface area contributed by atoms with Crippen molar-refractivity contribution < 1.29 is 14.5 Å². The molecule has 1 amide bonds. The van der Waals surface area contributed by atoms with Gasteiger partial charge in [-0.05, 0) is 31.7 Å². The molecule has 3 rings (SSSR count). The zero-order chi connectivity index (χ0) is 16.4. The van der Waals surface area contributed by atoms with Gasteiger partial charge in [0.1, 0.15) is 5.60 Å². The zero-order valence-electron chi connectivity index (χ0n) is 13.2. The van der Waals surface area contributed by atoms with Crippen LogP contribution in [0.15, 0.2) is 24.3 Å². The number of carbonyl (C=O) groups excluding carboxylic acids is 1. The molecule has 0 saturated carbocycles. The SMILES string of the molecule is CC1(OC(=O)N2CCCCC2)CC=Cc2cccc([N+](=O)[O-])c21. The van der Waals surface area contributed by atoms with Crippen LogP contribution in [-0.4, -0.2) is 29.0 Å². The third-order valence-corrected chi connectivity index (χ3v) is 4.53. The summed E-state index contributed by atoms with van der Waals surface area (Å²) in [7, 11) is 0. The first-order valence-corrected chi connectivity index (χ1v) is 7.94. The molecular formula is C17H20N2O4. The molecule has 0 bridgehead atoms. The fourth-order valence-electron chi connectivity index (χ4n) is 3.36. The summed E-state index contributed by atoms with van der Waals surface area (Å²) in [5, 5.41) is 11.4. The Morgan fingerprint density at radius 2 is 2.04 bits per heavy atom. The molecule has 1 fully saturated rings. The van der Waals surface area contributed by atoms with Gasteiger partial charge in [0.2, 0.25) is 0 Å². The molecule has 0 aromatic heterocycles. The number of hydrogen-bond acceptors (Lipinski definition) is 4. The zero-order valence-corrected chi connectivity index (χ0v) is 13.2. The molecule has 0 N–H and O–H groups in total. The summed E-state index contributed by atoms with van der Waals surface area (Å²) in [6.07, 6.45) is 6.87. The first-order valence-electron chi connectivity index (χ1n) is 7.94. The number of nitro groups is 1. The molecule has 1 aliphatic heterocycles. The molecule has 1 saturated heterocycles. The number of amides is 1. The smallest absolute Gasteiger partial charge is 0.410 e. The average Bonchev–Trinajstić information content (AvgIpc) is 2.55. The Morgan fingerprint density at radius 1 is 1.30 bits per heavy atom. The molecule has 0 radical (unpaired) electrons. The van der Waals surface area contributed by atoms with E-state index in [-0.39, 0.29) is 11.8 Å². The number of likely N-dealkylation sites (tertiary alicyclic amines) is 1. The van der Waals surface area contributed by atoms with Crippen LogP contribution in [-0.2, 0) is 10.3 Å². The van der Waals surface area contributed by atoms with Crippen molar-refractivity contribution in [2.24, 2.45) is 0 Å². The summed E-state index contributed by atoms with van der Waals surface area (Å²) in [5.41, 5.74) is 0.209. The maximum absolute atomic E-state index is 12.5. The van der Waals surface area contributed by atoms with Crippen LogP contribution in [0.2, 0.25) is 0 Å². The predicted molar refractivity (Wildman–Crippen MR) is 86.0 cm³/mol. The van der Waals surface area contributed by atoms with E-state index in [2.05, 4.69) is 0 Å². The Hall–Kier alpha value is -2.37. The second-order valence-corrected chi connectivity index (χ2v) is 6.25. The molecular weight excluding hydrogens is 296 g/mol. The quantitative estimate of drug-likeness (QED) is 0.613. The molecule has 1 aromatic rings. The molecule has 1 heterocycles. The van der Waals surface area contributed by atoms with Crippen molar-refractivity contribution in [1.29, 1.82) is 0 Å². The van der Waals surface area contributed by atoms with Crippen LogP contribution >= 0.6 is 0 Å². The third kappa shape index (κ3) is 2.93. The number of nitrogens with zero attached hydrogens (tertiary/aromatic N) is 2. The number of ether oxygens (including phenoxy) is 1. The van der Waals surface area contributed by atoms with Gasteiger partial charge in [0, 0.05) is 25.6 Å². The lowest BCUT2D eigenvalue weighted by Crippen LogP contribution is -2.41. The summed E-state index contributed by atoms with van der Waals surface area (Å²) in [6, 6.07) is 4.93. The normalized spacial score (nSPS) is 23.3. The Bertz CT molecular complexity index is 665. The van der Waals surface area contributed by atoms with Gasteiger partial charge in [0.25, 0.3) is 5.69 Å². The highest BCUT2D eigenvalue weighted by atomic mass is 16.6. The van der Waals surface area contributed by atoms with E-state index >= 15 is 0 Å². The maximum atomic E-state index is 12.5. The van der Waals surface area contributed by atoms with Crippen LogP contribution in [0.1, 0.15) is 43.7 Å². The van der Waals surface area contributed by atoms with Gasteiger partial charge in [0.15, 0.2) is 0 Å². The van der Waals surface area contributed by atoms with E-state index in [1.807, 2.05) is 18.2 Å². The molecule has 23 heavy (non-hydrogen) atoms. The summed E-state index contributed by atoms with van der Waals surface area (Å²) < 4.78 is 5.77. The molecule has 2 aliphatic rings. The van der Waals surface area contributed by atoms with Gasteiger partial charge in [-0.25, -0.2) is 4.79 Å². The van der Waals surface area contributed by atoms with Crippen molar-refractivity contribution in [2.75, 3.05) is 13.1 Å². The highest BCUT2D eigenvalue weighted by Gasteiger charge is 2.40. The lowest BCUT2D eigenvalue weighted by atomic mass is 9.83. The number of nitro benzene ring substituents is 1. The van der Waals surface area contributed by atoms with Gasteiger partial charge >= 0.3 is 6.09 Å². The molecule has 1 atom stereocenters. The first kappa shape index (κ1) is 15.5. The molecule has 122 valence electrons. The van der Waals surface area contributed by atoms with Gasteiger partial charge in [-0.3, -0.25) is 10.1 Å². The number of fused-ring (bicyclic) bond motifs is 1. The lowest BCUT2D eigenvalue weighted by Gasteiger charge is -2.35. The molecule has 1 aliphatic carbocycles. The summed E-state index contributed by atoms with van der Waals surface area (Å²) >= 11 is 0. The van der Waals surface area contributed by atoms with Gasteiger partial charge in [-0.1, -0.05) is 24.3 Å². The van der Waals surface area contributed by atoms with Gasteiger partial charge < -0.3 is 9.64 Å². The standard InChI is InChI=1S/C17H20N2O4/c1-17(23-16(20)18-11-3-2-4-12-18)10-6-8-13-7-5-9-14(15(13)17)19(21)22/h5-9H,2-4,10-12H2,1H3. The predicted octanol–water partition coefficient (Wildman–Crippen LogP) is 3.85. The van der Waals surface area contributed by atoms with Crippen LogP contribution in [0.4, 0.5) is 10.5 Å². The van der Waals surface area contributed by atoms with E-state index in [1.165, 1.54) is 6.07 Å². The van der Waals surface area contributed by atoms with Crippen LogP contribution < -0.4 is 0 Å². The average molecular weight is 316 g/mol. The van der Waals surface area contributed by atoms with Gasteiger partial charge in [0.05, 0.1) is 10.5 Å². The number of benzene rings is 1. The van der Waals surface area contributed by atoms with E-state index in [1.54, 1.807) is 17.9 Å². The molecule has 6 heteroatoms. The minimum atomic E-state index is -1.01. The number of piperidine rings is 1. The third-order valence-electron chi connectivity index (χ3n) is 4.53.